The molecule has 0 bridgehead atoms. The fourth-order valence-electron chi connectivity index (χ4n) is 1.94. The molecule has 0 saturated carbocycles. The van der Waals surface area contributed by atoms with Crippen LogP contribution in [0.1, 0.15) is 42.3 Å². The van der Waals surface area contributed by atoms with Crippen molar-refractivity contribution in [3.05, 3.63) is 28.8 Å². The zero-order valence-corrected chi connectivity index (χ0v) is 13.3. The molecule has 1 aromatic rings. The van der Waals surface area contributed by atoms with Gasteiger partial charge in [-0.05, 0) is 17.0 Å². The maximum atomic E-state index is 11.6. The van der Waals surface area contributed by atoms with Gasteiger partial charge in [-0.2, -0.15) is 0 Å². The minimum atomic E-state index is -3.25. The van der Waals surface area contributed by atoms with Crippen molar-refractivity contribution in [2.75, 3.05) is 13.4 Å². The van der Waals surface area contributed by atoms with Crippen molar-refractivity contribution in [2.45, 2.75) is 31.9 Å². The number of primary amides is 1. The minimum Gasteiger partial charge on any atom is -0.496 e. The van der Waals surface area contributed by atoms with Gasteiger partial charge in [0.15, 0.2) is 9.84 Å². The van der Waals surface area contributed by atoms with E-state index >= 15 is 0 Å². The lowest BCUT2D eigenvalue weighted by atomic mass is 9.84. The number of sulfone groups is 1. The standard InChI is InChI=1S/C14H21NO4S/c1-14(2,3)10-6-9(8-20(5,17)18)12(19-4)11(7-10)13(15)16/h6-7H,8H2,1-5H3,(H2,15,16). The van der Waals surface area contributed by atoms with Gasteiger partial charge in [-0.3, -0.25) is 4.79 Å². The Balaban J connectivity index is 3.62. The van der Waals surface area contributed by atoms with E-state index < -0.39 is 15.7 Å². The third-order valence-electron chi connectivity index (χ3n) is 2.92. The van der Waals surface area contributed by atoms with Gasteiger partial charge in [0.1, 0.15) is 5.75 Å². The molecule has 1 amide bonds. The van der Waals surface area contributed by atoms with E-state index in [0.717, 1.165) is 11.8 Å². The van der Waals surface area contributed by atoms with Crippen LogP contribution in [0.5, 0.6) is 5.75 Å². The Labute approximate surface area is 120 Å². The molecule has 0 saturated heterocycles. The second-order valence-electron chi connectivity index (χ2n) is 5.90. The van der Waals surface area contributed by atoms with Gasteiger partial charge in [-0.15, -0.1) is 0 Å². The zero-order chi connectivity index (χ0) is 15.7. The van der Waals surface area contributed by atoms with Gasteiger partial charge >= 0.3 is 0 Å². The van der Waals surface area contributed by atoms with Crippen molar-refractivity contribution in [1.82, 2.24) is 0 Å². The largest absolute Gasteiger partial charge is 0.496 e. The smallest absolute Gasteiger partial charge is 0.252 e. The quantitative estimate of drug-likeness (QED) is 0.915. The van der Waals surface area contributed by atoms with E-state index in [2.05, 4.69) is 0 Å². The predicted octanol–water partition coefficient (Wildman–Crippen LogP) is 1.64. The van der Waals surface area contributed by atoms with Crippen LogP contribution in [0.2, 0.25) is 0 Å². The zero-order valence-electron chi connectivity index (χ0n) is 12.5. The summed E-state index contributed by atoms with van der Waals surface area (Å²) < 4.78 is 28.3. The van der Waals surface area contributed by atoms with E-state index in [9.17, 15) is 13.2 Å². The number of carbonyl (C=O) groups is 1. The minimum absolute atomic E-state index is 0.194. The highest BCUT2D eigenvalue weighted by molar-refractivity contribution is 7.89. The van der Waals surface area contributed by atoms with Crippen LogP contribution in [-0.2, 0) is 21.0 Å². The third kappa shape index (κ3) is 3.96. The summed E-state index contributed by atoms with van der Waals surface area (Å²) in [5.41, 5.74) is 6.63. The molecule has 1 rings (SSSR count). The first kappa shape index (κ1) is 16.5. The predicted molar refractivity (Wildman–Crippen MR) is 78.8 cm³/mol. The first-order valence-corrected chi connectivity index (χ1v) is 8.20. The third-order valence-corrected chi connectivity index (χ3v) is 3.75. The monoisotopic (exact) mass is 299 g/mol. The van der Waals surface area contributed by atoms with Gasteiger partial charge in [0.05, 0.1) is 18.4 Å². The molecule has 20 heavy (non-hydrogen) atoms. The lowest BCUT2D eigenvalue weighted by Gasteiger charge is -2.22. The van der Waals surface area contributed by atoms with Crippen LogP contribution in [0.15, 0.2) is 12.1 Å². The lowest BCUT2D eigenvalue weighted by molar-refractivity contribution is 0.0997. The van der Waals surface area contributed by atoms with E-state index in [0.29, 0.717) is 5.56 Å². The second kappa shape index (κ2) is 5.44. The highest BCUT2D eigenvalue weighted by Crippen LogP contribution is 2.32. The van der Waals surface area contributed by atoms with Crippen molar-refractivity contribution in [2.24, 2.45) is 5.73 Å². The molecule has 5 nitrogen and oxygen atoms in total. The van der Waals surface area contributed by atoms with Crippen LogP contribution in [0, 0.1) is 0 Å². The molecule has 0 radical (unpaired) electrons. The van der Waals surface area contributed by atoms with Crippen molar-refractivity contribution in [3.8, 4) is 5.75 Å². The molecule has 112 valence electrons. The number of hydrogen-bond donors (Lipinski definition) is 1. The molecule has 0 spiro atoms. The normalized spacial score (nSPS) is 12.2. The number of amides is 1. The number of ether oxygens (including phenoxy) is 1. The molecule has 0 aliphatic heterocycles. The Morgan fingerprint density at radius 1 is 1.30 bits per heavy atom. The van der Waals surface area contributed by atoms with Gasteiger partial charge < -0.3 is 10.5 Å². The lowest BCUT2D eigenvalue weighted by Crippen LogP contribution is -2.19. The molecule has 0 heterocycles. The van der Waals surface area contributed by atoms with E-state index in [1.807, 2.05) is 20.8 Å². The summed E-state index contributed by atoms with van der Waals surface area (Å²) >= 11 is 0. The molecular formula is C14H21NO4S. The molecular weight excluding hydrogens is 278 g/mol. The van der Waals surface area contributed by atoms with Crippen LogP contribution < -0.4 is 10.5 Å². The Hall–Kier alpha value is -1.56. The summed E-state index contributed by atoms with van der Waals surface area (Å²) in [6.07, 6.45) is 1.14. The molecule has 0 unspecified atom stereocenters. The number of methoxy groups -OCH3 is 1. The summed E-state index contributed by atoms with van der Waals surface area (Å²) in [4.78, 5) is 11.6. The van der Waals surface area contributed by atoms with Gasteiger partial charge in [-0.25, -0.2) is 8.42 Å². The number of benzene rings is 1. The average molecular weight is 299 g/mol. The average Bonchev–Trinajstić information content (AvgIpc) is 2.24. The number of carbonyl (C=O) groups excluding carboxylic acids is 1. The summed E-state index contributed by atoms with van der Waals surface area (Å²) in [7, 11) is -1.85. The van der Waals surface area contributed by atoms with Crippen LogP contribution in [0.3, 0.4) is 0 Å². The van der Waals surface area contributed by atoms with Crippen LogP contribution in [0.25, 0.3) is 0 Å². The number of hydrogen-bond acceptors (Lipinski definition) is 4. The molecule has 0 aromatic heterocycles. The molecule has 2 N–H and O–H groups in total. The topological polar surface area (TPSA) is 86.5 Å². The van der Waals surface area contributed by atoms with Crippen LogP contribution >= 0.6 is 0 Å². The number of rotatable bonds is 4. The van der Waals surface area contributed by atoms with Gasteiger partial charge in [-0.1, -0.05) is 26.8 Å². The van der Waals surface area contributed by atoms with Gasteiger partial charge in [0.2, 0.25) is 0 Å². The number of nitrogens with two attached hydrogens (primary N) is 1. The van der Waals surface area contributed by atoms with E-state index in [1.54, 1.807) is 12.1 Å². The van der Waals surface area contributed by atoms with Crippen molar-refractivity contribution in [3.63, 3.8) is 0 Å². The summed E-state index contributed by atoms with van der Waals surface area (Å²) in [6.45, 7) is 5.93. The molecule has 6 heteroatoms. The van der Waals surface area contributed by atoms with Crippen molar-refractivity contribution in [1.29, 1.82) is 0 Å². The summed E-state index contributed by atoms with van der Waals surface area (Å²) in [6, 6.07) is 3.42. The molecule has 1 aromatic carbocycles. The van der Waals surface area contributed by atoms with Gasteiger partial charge in [0, 0.05) is 11.8 Å². The maximum absolute atomic E-state index is 11.6. The van der Waals surface area contributed by atoms with Gasteiger partial charge in [0.25, 0.3) is 5.91 Å². The van der Waals surface area contributed by atoms with Crippen LogP contribution in [0.4, 0.5) is 0 Å². The van der Waals surface area contributed by atoms with Crippen molar-refractivity contribution < 1.29 is 17.9 Å². The SMILES string of the molecule is COc1c(CS(C)(=O)=O)cc(C(C)(C)C)cc1C(N)=O. The van der Waals surface area contributed by atoms with E-state index in [4.69, 9.17) is 10.5 Å². The Morgan fingerprint density at radius 3 is 2.20 bits per heavy atom. The molecule has 0 fully saturated rings. The first-order valence-electron chi connectivity index (χ1n) is 6.14. The summed E-state index contributed by atoms with van der Waals surface area (Å²) in [5.74, 6) is -0.598. The fourth-order valence-corrected chi connectivity index (χ4v) is 2.72. The Morgan fingerprint density at radius 2 is 1.85 bits per heavy atom. The van der Waals surface area contributed by atoms with Crippen molar-refractivity contribution >= 4 is 15.7 Å². The second-order valence-corrected chi connectivity index (χ2v) is 8.04. The summed E-state index contributed by atoms with van der Waals surface area (Å²) in [5, 5.41) is 0. The maximum Gasteiger partial charge on any atom is 0.252 e. The first-order chi connectivity index (χ1) is 8.95. The highest BCUT2D eigenvalue weighted by atomic mass is 32.2. The van der Waals surface area contributed by atoms with Crippen LogP contribution in [-0.4, -0.2) is 27.7 Å². The molecule has 0 atom stereocenters. The Bertz CT molecular complexity index is 627. The Kier molecular flexibility index (Phi) is 4.49. The van der Waals surface area contributed by atoms with E-state index in [1.165, 1.54) is 7.11 Å². The molecule has 0 aliphatic carbocycles. The highest BCUT2D eigenvalue weighted by Gasteiger charge is 2.23. The fraction of sp³-hybridized carbons (Fsp3) is 0.500. The van der Waals surface area contributed by atoms with E-state index in [-0.39, 0.29) is 22.5 Å². The molecule has 0 aliphatic rings.